The van der Waals surface area contributed by atoms with Crippen LogP contribution in [0.2, 0.25) is 0 Å². The Morgan fingerprint density at radius 2 is 1.77 bits per heavy atom. The van der Waals surface area contributed by atoms with Crippen molar-refractivity contribution < 1.29 is 9.59 Å². The average Bonchev–Trinajstić information content (AvgIpc) is 3.29. The van der Waals surface area contributed by atoms with Gasteiger partial charge in [0.2, 0.25) is 5.91 Å². The van der Waals surface area contributed by atoms with E-state index in [4.69, 9.17) is 4.98 Å². The highest BCUT2D eigenvalue weighted by Gasteiger charge is 2.43. The maximum absolute atomic E-state index is 13.1. The molecule has 1 atom stereocenters. The zero-order valence-corrected chi connectivity index (χ0v) is 18.1. The Labute approximate surface area is 180 Å². The Balaban J connectivity index is 1.37. The number of amides is 2. The Bertz CT molecular complexity index is 1110. The summed E-state index contributed by atoms with van der Waals surface area (Å²) in [5.74, 6) is 0.508. The highest BCUT2D eigenvalue weighted by Crippen LogP contribution is 2.33. The number of aryl methyl sites for hydroxylation is 1. The first-order valence-electron chi connectivity index (χ1n) is 10.6. The third-order valence-electron chi connectivity index (χ3n) is 6.30. The van der Waals surface area contributed by atoms with Crippen LogP contribution in [0, 0.1) is 12.8 Å². The zero-order valence-electron chi connectivity index (χ0n) is 17.3. The summed E-state index contributed by atoms with van der Waals surface area (Å²) < 4.78 is 1.16. The second kappa shape index (κ2) is 7.60. The minimum atomic E-state index is -0.308. The van der Waals surface area contributed by atoms with Crippen LogP contribution >= 0.6 is 11.3 Å². The Kier molecular flexibility index (Phi) is 4.91. The van der Waals surface area contributed by atoms with Crippen molar-refractivity contribution in [2.75, 3.05) is 18.0 Å². The molecule has 2 aliphatic rings. The normalized spacial score (nSPS) is 21.1. The van der Waals surface area contributed by atoms with Crippen LogP contribution in [0.25, 0.3) is 20.8 Å². The molecule has 0 radical (unpaired) electrons. The van der Waals surface area contributed by atoms with E-state index in [1.165, 1.54) is 10.5 Å². The minimum absolute atomic E-state index is 0.0854. The summed E-state index contributed by atoms with van der Waals surface area (Å²) in [6, 6.07) is 13.6. The van der Waals surface area contributed by atoms with Gasteiger partial charge in [-0.2, -0.15) is 0 Å². The fourth-order valence-corrected chi connectivity index (χ4v) is 5.49. The number of carbonyl (C=O) groups is 2. The molecule has 2 fully saturated rings. The number of hydrogen-bond donors (Lipinski definition) is 0. The zero-order chi connectivity index (χ0) is 20.8. The van der Waals surface area contributed by atoms with E-state index in [-0.39, 0.29) is 24.3 Å². The molecular weight excluding hydrogens is 394 g/mol. The molecule has 5 nitrogen and oxygen atoms in total. The highest BCUT2D eigenvalue weighted by atomic mass is 32.1. The number of imide groups is 1. The molecule has 3 aromatic rings. The fraction of sp³-hybridized carbons (Fsp3) is 0.375. The van der Waals surface area contributed by atoms with E-state index in [1.807, 2.05) is 30.3 Å². The third-order valence-corrected chi connectivity index (χ3v) is 7.37. The van der Waals surface area contributed by atoms with Crippen LogP contribution in [0.5, 0.6) is 0 Å². The molecule has 1 aromatic heterocycles. The molecule has 154 valence electrons. The number of nitrogens with zero attached hydrogens (tertiary/aromatic N) is 3. The van der Waals surface area contributed by atoms with Crippen molar-refractivity contribution >= 4 is 39.1 Å². The van der Waals surface area contributed by atoms with E-state index in [1.54, 1.807) is 11.3 Å². The predicted molar refractivity (Wildman–Crippen MR) is 121 cm³/mol. The standard InChI is InChI=1S/C24H25N3O2S/c1-15-9-11-26(12-10-15)20-14-22(28)27(24(20)29)18-6-4-17(5-7-18)23-25-19-8-3-16(2)13-21(19)30-23/h3-8,13,15,20H,9-12,14H2,1-2H3/t20-/m0/s1. The summed E-state index contributed by atoms with van der Waals surface area (Å²) in [6.07, 6.45) is 2.47. The van der Waals surface area contributed by atoms with Crippen molar-refractivity contribution in [3.63, 3.8) is 0 Å². The molecule has 2 saturated heterocycles. The van der Waals surface area contributed by atoms with Crippen molar-refractivity contribution in [2.24, 2.45) is 5.92 Å². The van der Waals surface area contributed by atoms with Crippen LogP contribution in [0.4, 0.5) is 5.69 Å². The number of carbonyl (C=O) groups excluding carboxylic acids is 2. The first-order chi connectivity index (χ1) is 14.5. The molecule has 30 heavy (non-hydrogen) atoms. The van der Waals surface area contributed by atoms with Crippen molar-refractivity contribution in [2.45, 2.75) is 39.2 Å². The maximum Gasteiger partial charge on any atom is 0.251 e. The number of aromatic nitrogens is 1. The van der Waals surface area contributed by atoms with Gasteiger partial charge < -0.3 is 0 Å². The largest absolute Gasteiger partial charge is 0.292 e. The maximum atomic E-state index is 13.1. The van der Waals surface area contributed by atoms with Crippen LogP contribution in [0.15, 0.2) is 42.5 Å². The SMILES string of the molecule is Cc1ccc2nc(-c3ccc(N4C(=O)C[C@H](N5CCC(C)CC5)C4=O)cc3)sc2c1. The van der Waals surface area contributed by atoms with E-state index in [9.17, 15) is 9.59 Å². The monoisotopic (exact) mass is 419 g/mol. The van der Waals surface area contributed by atoms with Gasteiger partial charge in [0.1, 0.15) is 5.01 Å². The number of thiazole rings is 1. The average molecular weight is 420 g/mol. The van der Waals surface area contributed by atoms with Crippen LogP contribution in [0.1, 0.15) is 31.7 Å². The first-order valence-corrected chi connectivity index (χ1v) is 11.4. The van der Waals surface area contributed by atoms with Crippen LogP contribution in [-0.4, -0.2) is 40.8 Å². The fourth-order valence-electron chi connectivity index (χ4n) is 4.42. The van der Waals surface area contributed by atoms with Gasteiger partial charge in [-0.3, -0.25) is 14.5 Å². The van der Waals surface area contributed by atoms with E-state index in [0.717, 1.165) is 46.7 Å². The van der Waals surface area contributed by atoms with Gasteiger partial charge in [-0.25, -0.2) is 9.88 Å². The topological polar surface area (TPSA) is 53.5 Å². The molecule has 0 unspecified atom stereocenters. The Morgan fingerprint density at radius 3 is 2.50 bits per heavy atom. The summed E-state index contributed by atoms with van der Waals surface area (Å²) in [4.78, 5) is 34.0. The van der Waals surface area contributed by atoms with Gasteiger partial charge in [-0.05, 0) is 80.7 Å². The third kappa shape index (κ3) is 3.44. The number of rotatable bonds is 3. The molecule has 3 heterocycles. The number of piperidine rings is 1. The van der Waals surface area contributed by atoms with Crippen molar-refractivity contribution in [1.82, 2.24) is 9.88 Å². The second-order valence-corrected chi connectivity index (χ2v) is 9.57. The first kappa shape index (κ1) is 19.4. The van der Waals surface area contributed by atoms with Gasteiger partial charge in [-0.1, -0.05) is 13.0 Å². The molecule has 0 spiro atoms. The molecule has 2 aliphatic heterocycles. The lowest BCUT2D eigenvalue weighted by atomic mass is 9.97. The van der Waals surface area contributed by atoms with E-state index in [2.05, 4.69) is 30.9 Å². The molecule has 0 bridgehead atoms. The molecule has 0 saturated carbocycles. The Morgan fingerprint density at radius 1 is 1.03 bits per heavy atom. The van der Waals surface area contributed by atoms with Gasteiger partial charge in [0.15, 0.2) is 0 Å². The number of likely N-dealkylation sites (tertiary alicyclic amines) is 1. The molecular formula is C24H25N3O2S. The van der Waals surface area contributed by atoms with Gasteiger partial charge in [0.25, 0.3) is 5.91 Å². The molecule has 0 aliphatic carbocycles. The Hall–Kier alpha value is -2.57. The number of hydrogen-bond acceptors (Lipinski definition) is 5. The lowest BCUT2D eigenvalue weighted by Gasteiger charge is -2.33. The van der Waals surface area contributed by atoms with Crippen molar-refractivity contribution in [3.8, 4) is 10.6 Å². The molecule has 6 heteroatoms. The summed E-state index contributed by atoms with van der Waals surface area (Å²) in [5, 5.41) is 0.946. The van der Waals surface area contributed by atoms with Crippen molar-refractivity contribution in [1.29, 1.82) is 0 Å². The van der Waals surface area contributed by atoms with Gasteiger partial charge in [0, 0.05) is 5.56 Å². The molecule has 2 aromatic carbocycles. The van der Waals surface area contributed by atoms with E-state index >= 15 is 0 Å². The predicted octanol–water partition coefficient (Wildman–Crippen LogP) is 4.64. The van der Waals surface area contributed by atoms with Crippen LogP contribution in [-0.2, 0) is 9.59 Å². The van der Waals surface area contributed by atoms with Crippen LogP contribution < -0.4 is 4.90 Å². The smallest absolute Gasteiger partial charge is 0.251 e. The summed E-state index contributed by atoms with van der Waals surface area (Å²) in [7, 11) is 0. The van der Waals surface area contributed by atoms with E-state index < -0.39 is 0 Å². The number of fused-ring (bicyclic) bond motifs is 1. The summed E-state index contributed by atoms with van der Waals surface area (Å²) in [5.41, 5.74) is 3.86. The second-order valence-electron chi connectivity index (χ2n) is 8.54. The highest BCUT2D eigenvalue weighted by molar-refractivity contribution is 7.21. The van der Waals surface area contributed by atoms with Crippen LogP contribution in [0.3, 0.4) is 0 Å². The lowest BCUT2D eigenvalue weighted by Crippen LogP contribution is -2.45. The molecule has 5 rings (SSSR count). The molecule has 0 N–H and O–H groups in total. The number of benzene rings is 2. The number of anilines is 1. The van der Waals surface area contributed by atoms with Crippen molar-refractivity contribution in [3.05, 3.63) is 48.0 Å². The van der Waals surface area contributed by atoms with Gasteiger partial charge in [0.05, 0.1) is 28.4 Å². The minimum Gasteiger partial charge on any atom is -0.292 e. The summed E-state index contributed by atoms with van der Waals surface area (Å²) in [6.45, 7) is 6.12. The van der Waals surface area contributed by atoms with Gasteiger partial charge >= 0.3 is 0 Å². The van der Waals surface area contributed by atoms with E-state index in [0.29, 0.717) is 11.6 Å². The lowest BCUT2D eigenvalue weighted by molar-refractivity contribution is -0.123. The summed E-state index contributed by atoms with van der Waals surface area (Å²) >= 11 is 1.66. The molecule has 2 amide bonds. The quantitative estimate of drug-likeness (QED) is 0.581. The van der Waals surface area contributed by atoms with Gasteiger partial charge in [-0.15, -0.1) is 11.3 Å².